The third-order valence-corrected chi connectivity index (χ3v) is 7.63. The van der Waals surface area contributed by atoms with Gasteiger partial charge in [0.1, 0.15) is 0 Å². The van der Waals surface area contributed by atoms with Gasteiger partial charge in [-0.1, -0.05) is 29.5 Å². The fraction of sp³-hybridized carbons (Fsp3) is 0.929. The molecule has 3 heteroatoms. The molecule has 0 aromatic rings. The van der Waals surface area contributed by atoms with Crippen molar-refractivity contribution in [2.24, 2.45) is 23.2 Å². The van der Waals surface area contributed by atoms with Crippen molar-refractivity contribution in [3.8, 4) is 0 Å². The maximum absolute atomic E-state index is 12.5. The van der Waals surface area contributed by atoms with Gasteiger partial charge in [-0.05, 0) is 50.4 Å². The Balaban J connectivity index is 1.99. The molecule has 2 unspecified atom stereocenters. The fourth-order valence-electron chi connectivity index (χ4n) is 4.36. The van der Waals surface area contributed by atoms with E-state index in [4.69, 9.17) is 4.74 Å². The van der Waals surface area contributed by atoms with E-state index < -0.39 is 0 Å². The highest BCUT2D eigenvalue weighted by Crippen LogP contribution is 2.58. The first-order valence-electron chi connectivity index (χ1n) is 6.67. The second kappa shape index (κ2) is 3.69. The molecule has 3 fully saturated rings. The number of hydrogen-bond acceptors (Lipinski definition) is 2. The lowest BCUT2D eigenvalue weighted by molar-refractivity contribution is -0.189. The van der Waals surface area contributed by atoms with Crippen LogP contribution in [0.25, 0.3) is 0 Å². The Labute approximate surface area is 117 Å². The van der Waals surface area contributed by atoms with E-state index in [0.29, 0.717) is 24.2 Å². The van der Waals surface area contributed by atoms with Crippen molar-refractivity contribution in [2.75, 3.05) is 6.61 Å². The van der Waals surface area contributed by atoms with Crippen LogP contribution in [0.4, 0.5) is 0 Å². The highest BCUT2D eigenvalue weighted by molar-refractivity contribution is 14.1. The molecule has 0 amide bonds. The lowest BCUT2D eigenvalue weighted by Gasteiger charge is -2.58. The van der Waals surface area contributed by atoms with Crippen LogP contribution >= 0.6 is 22.6 Å². The van der Waals surface area contributed by atoms with Crippen LogP contribution in [0.1, 0.15) is 40.0 Å². The molecule has 0 spiro atoms. The maximum atomic E-state index is 12.5. The Bertz CT molecular complexity index is 365. The lowest BCUT2D eigenvalue weighted by atomic mass is 9.52. The van der Waals surface area contributed by atoms with E-state index >= 15 is 0 Å². The number of hydrogen-bond donors (Lipinski definition) is 0. The van der Waals surface area contributed by atoms with Crippen LogP contribution in [0, 0.1) is 23.2 Å². The van der Waals surface area contributed by atoms with Crippen molar-refractivity contribution >= 4 is 28.4 Å². The standard InChI is InChI=1S/C14H21IO2/c1-13(2)10-4-5-14(3)6-8(10)9(7-17-13)11(16)12(14)15/h8-10,12H,4-7H2,1-3H3/t8-,9-,10?,12?,14+/m1/s1. The summed E-state index contributed by atoms with van der Waals surface area (Å²) < 4.78 is 6.19. The number of Topliss-reactive ketones (excluding diaryl/α,β-unsaturated/α-hetero) is 1. The molecule has 2 aliphatic carbocycles. The number of alkyl halides is 1. The topological polar surface area (TPSA) is 26.3 Å². The zero-order chi connectivity index (χ0) is 12.4. The van der Waals surface area contributed by atoms with Crippen molar-refractivity contribution in [1.82, 2.24) is 0 Å². The minimum atomic E-state index is -0.0269. The molecule has 2 saturated carbocycles. The second-order valence-corrected chi connectivity index (χ2v) is 8.20. The smallest absolute Gasteiger partial charge is 0.151 e. The fourth-order valence-corrected chi connectivity index (χ4v) is 5.39. The molecule has 2 nitrogen and oxygen atoms in total. The first kappa shape index (κ1) is 12.4. The van der Waals surface area contributed by atoms with Crippen molar-refractivity contribution in [2.45, 2.75) is 49.6 Å². The maximum Gasteiger partial charge on any atom is 0.151 e. The highest BCUT2D eigenvalue weighted by atomic mass is 127. The van der Waals surface area contributed by atoms with Gasteiger partial charge in [0.05, 0.1) is 16.1 Å². The predicted octanol–water partition coefficient (Wildman–Crippen LogP) is 3.22. The van der Waals surface area contributed by atoms with Crippen LogP contribution in [0.5, 0.6) is 0 Å². The van der Waals surface area contributed by atoms with Gasteiger partial charge in [0.25, 0.3) is 0 Å². The average molecular weight is 348 g/mol. The molecule has 0 radical (unpaired) electrons. The number of ether oxygens (including phenoxy) is 1. The van der Waals surface area contributed by atoms with Gasteiger partial charge < -0.3 is 4.74 Å². The van der Waals surface area contributed by atoms with Gasteiger partial charge in [0, 0.05) is 5.92 Å². The summed E-state index contributed by atoms with van der Waals surface area (Å²) in [5.41, 5.74) is 0.226. The molecule has 17 heavy (non-hydrogen) atoms. The summed E-state index contributed by atoms with van der Waals surface area (Å²) in [5.74, 6) is 1.81. The number of ketones is 1. The number of carbonyl (C=O) groups excluding carboxylic acids is 1. The Kier molecular flexibility index (Phi) is 2.69. The first-order valence-corrected chi connectivity index (χ1v) is 7.91. The van der Waals surface area contributed by atoms with E-state index in [9.17, 15) is 4.79 Å². The van der Waals surface area contributed by atoms with Gasteiger partial charge in [-0.15, -0.1) is 0 Å². The Morgan fingerprint density at radius 1 is 1.35 bits per heavy atom. The quantitative estimate of drug-likeness (QED) is 0.496. The van der Waals surface area contributed by atoms with Crippen LogP contribution in [0.15, 0.2) is 0 Å². The zero-order valence-corrected chi connectivity index (χ0v) is 13.0. The van der Waals surface area contributed by atoms with E-state index in [-0.39, 0.29) is 20.9 Å². The summed E-state index contributed by atoms with van der Waals surface area (Å²) in [6, 6.07) is 0. The Hall–Kier alpha value is 0.360. The van der Waals surface area contributed by atoms with E-state index in [0.717, 1.165) is 0 Å². The summed E-state index contributed by atoms with van der Waals surface area (Å²) in [5, 5.41) is 0. The molecule has 1 saturated heterocycles. The molecule has 0 aromatic carbocycles. The van der Waals surface area contributed by atoms with E-state index in [2.05, 4.69) is 43.4 Å². The van der Waals surface area contributed by atoms with Crippen LogP contribution in [-0.2, 0) is 9.53 Å². The van der Waals surface area contributed by atoms with Gasteiger partial charge in [0.2, 0.25) is 0 Å². The zero-order valence-electron chi connectivity index (χ0n) is 10.8. The number of fused-ring (bicyclic) bond motifs is 1. The number of halogens is 1. The molecule has 0 N–H and O–H groups in total. The summed E-state index contributed by atoms with van der Waals surface area (Å²) in [6.07, 6.45) is 3.65. The van der Waals surface area contributed by atoms with Gasteiger partial charge in [-0.3, -0.25) is 4.79 Å². The third-order valence-electron chi connectivity index (χ3n) is 5.52. The van der Waals surface area contributed by atoms with Crippen LogP contribution in [-0.4, -0.2) is 21.9 Å². The lowest BCUT2D eigenvalue weighted by Crippen LogP contribution is -2.61. The molecule has 0 aromatic heterocycles. The van der Waals surface area contributed by atoms with Gasteiger partial charge >= 0.3 is 0 Å². The molecule has 1 heterocycles. The average Bonchev–Trinajstić information content (AvgIpc) is 2.25. The molecule has 2 bridgehead atoms. The summed E-state index contributed by atoms with van der Waals surface area (Å²) in [4.78, 5) is 12.5. The molecule has 5 atom stereocenters. The third kappa shape index (κ3) is 1.64. The Morgan fingerprint density at radius 3 is 2.76 bits per heavy atom. The second-order valence-electron chi connectivity index (χ2n) is 6.95. The van der Waals surface area contributed by atoms with E-state index in [1.54, 1.807) is 0 Å². The number of rotatable bonds is 0. The van der Waals surface area contributed by atoms with Crippen molar-refractivity contribution < 1.29 is 9.53 Å². The van der Waals surface area contributed by atoms with Crippen LogP contribution in [0.2, 0.25) is 0 Å². The SMILES string of the molecule is CC1(C)OC[C@H]2C(=O)C(I)[C@@]3(C)CCC1[C@@H]2C3. The van der Waals surface area contributed by atoms with E-state index in [1.807, 2.05) is 0 Å². The molecule has 3 aliphatic rings. The van der Waals surface area contributed by atoms with Crippen LogP contribution in [0.3, 0.4) is 0 Å². The van der Waals surface area contributed by atoms with Crippen molar-refractivity contribution in [3.63, 3.8) is 0 Å². The summed E-state index contributed by atoms with van der Waals surface area (Å²) in [6.45, 7) is 7.38. The Morgan fingerprint density at radius 2 is 2.06 bits per heavy atom. The highest BCUT2D eigenvalue weighted by Gasteiger charge is 2.59. The predicted molar refractivity (Wildman–Crippen MR) is 75.3 cm³/mol. The number of carbonyl (C=O) groups is 1. The van der Waals surface area contributed by atoms with Gasteiger partial charge in [-0.2, -0.15) is 0 Å². The molecule has 3 rings (SSSR count). The van der Waals surface area contributed by atoms with Crippen molar-refractivity contribution in [1.29, 1.82) is 0 Å². The molecular weight excluding hydrogens is 327 g/mol. The van der Waals surface area contributed by atoms with Crippen molar-refractivity contribution in [3.05, 3.63) is 0 Å². The van der Waals surface area contributed by atoms with Crippen LogP contribution < -0.4 is 0 Å². The molecule has 1 aliphatic heterocycles. The normalized spacial score (nSPS) is 52.4. The first-order chi connectivity index (χ1) is 7.85. The molecule has 96 valence electrons. The summed E-state index contributed by atoms with van der Waals surface area (Å²) in [7, 11) is 0. The minimum Gasteiger partial charge on any atom is -0.375 e. The monoisotopic (exact) mass is 348 g/mol. The minimum absolute atomic E-state index is 0.0269. The van der Waals surface area contributed by atoms with Gasteiger partial charge in [0.15, 0.2) is 5.78 Å². The summed E-state index contributed by atoms with van der Waals surface area (Å²) >= 11 is 2.38. The molecular formula is C14H21IO2. The van der Waals surface area contributed by atoms with E-state index in [1.165, 1.54) is 19.3 Å². The van der Waals surface area contributed by atoms with Gasteiger partial charge in [-0.25, -0.2) is 0 Å². The largest absolute Gasteiger partial charge is 0.375 e.